The molecule has 1 aliphatic heterocycles. The summed E-state index contributed by atoms with van der Waals surface area (Å²) in [6, 6.07) is 7.85. The third kappa shape index (κ3) is 3.95. The van der Waals surface area contributed by atoms with E-state index in [0.29, 0.717) is 0 Å². The van der Waals surface area contributed by atoms with Gasteiger partial charge in [-0.15, -0.1) is 0 Å². The summed E-state index contributed by atoms with van der Waals surface area (Å²) >= 11 is 7.40. The lowest BCUT2D eigenvalue weighted by Crippen LogP contribution is -2.47. The van der Waals surface area contributed by atoms with Crippen LogP contribution in [0, 0.1) is 0 Å². The molecule has 5 nitrogen and oxygen atoms in total. The Morgan fingerprint density at radius 3 is 2.55 bits per heavy atom. The van der Waals surface area contributed by atoms with Crippen molar-refractivity contribution >= 4 is 28.3 Å². The van der Waals surface area contributed by atoms with Gasteiger partial charge in [0.05, 0.1) is 0 Å². The van der Waals surface area contributed by atoms with Gasteiger partial charge in [0, 0.05) is 62.2 Å². The zero-order valence-corrected chi connectivity index (χ0v) is 14.0. The maximum atomic E-state index is 5.91. The first-order valence-corrected chi connectivity index (χ1v) is 8.64. The summed E-state index contributed by atoms with van der Waals surface area (Å²) in [5.41, 5.74) is 6.79. The summed E-state index contributed by atoms with van der Waals surface area (Å²) in [5.74, 6) is 0.881. The van der Waals surface area contributed by atoms with E-state index in [1.165, 1.54) is 17.1 Å². The normalized spacial score (nSPS) is 16.2. The van der Waals surface area contributed by atoms with Gasteiger partial charge in [0.1, 0.15) is 5.82 Å². The highest BCUT2D eigenvalue weighted by molar-refractivity contribution is 7.09. The number of hydrogen-bond acceptors (Lipinski definition) is 6. The maximum Gasteiger partial charge on any atom is 0.205 e. The Labute approximate surface area is 139 Å². The van der Waals surface area contributed by atoms with E-state index in [2.05, 4.69) is 19.2 Å². The van der Waals surface area contributed by atoms with Crippen LogP contribution in [0.5, 0.6) is 0 Å². The minimum absolute atomic E-state index is 0.726. The second-order valence-electron chi connectivity index (χ2n) is 5.41. The van der Waals surface area contributed by atoms with Gasteiger partial charge in [-0.05, 0) is 17.7 Å². The van der Waals surface area contributed by atoms with Crippen molar-refractivity contribution in [1.29, 1.82) is 0 Å². The molecule has 118 valence electrons. The van der Waals surface area contributed by atoms with Crippen LogP contribution in [0.4, 0.5) is 5.13 Å². The molecule has 0 spiro atoms. The number of aromatic nitrogens is 2. The first-order valence-electron chi connectivity index (χ1n) is 7.49. The maximum absolute atomic E-state index is 5.91. The van der Waals surface area contributed by atoms with Crippen molar-refractivity contribution in [2.24, 2.45) is 5.73 Å². The Morgan fingerprint density at radius 1 is 1.14 bits per heavy atom. The summed E-state index contributed by atoms with van der Waals surface area (Å²) in [6.45, 7) is 5.79. The SMILES string of the molecule is NCCN1CCN(c2nc(Cc3ccc(Cl)cc3)ns2)CC1. The van der Waals surface area contributed by atoms with Crippen LogP contribution in [-0.4, -0.2) is 53.5 Å². The lowest BCUT2D eigenvalue weighted by molar-refractivity contribution is 0.265. The van der Waals surface area contributed by atoms with Gasteiger partial charge in [-0.25, -0.2) is 4.98 Å². The Kier molecular flexibility index (Phi) is 5.25. The number of halogens is 1. The molecule has 1 saturated heterocycles. The van der Waals surface area contributed by atoms with Crippen molar-refractivity contribution < 1.29 is 0 Å². The molecule has 1 aromatic carbocycles. The molecule has 7 heteroatoms. The third-order valence-electron chi connectivity index (χ3n) is 3.82. The van der Waals surface area contributed by atoms with Crippen LogP contribution < -0.4 is 10.6 Å². The molecule has 0 aliphatic carbocycles. The van der Waals surface area contributed by atoms with Gasteiger partial charge in [-0.1, -0.05) is 23.7 Å². The van der Waals surface area contributed by atoms with Gasteiger partial charge in [0.15, 0.2) is 0 Å². The number of nitrogens with two attached hydrogens (primary N) is 1. The second-order valence-corrected chi connectivity index (χ2v) is 6.58. The van der Waals surface area contributed by atoms with Crippen molar-refractivity contribution in [3.8, 4) is 0 Å². The molecule has 22 heavy (non-hydrogen) atoms. The zero-order valence-electron chi connectivity index (χ0n) is 12.4. The molecular formula is C15H20ClN5S. The van der Waals surface area contributed by atoms with Crippen molar-refractivity contribution in [2.75, 3.05) is 44.2 Å². The van der Waals surface area contributed by atoms with Gasteiger partial charge in [-0.2, -0.15) is 4.37 Å². The fourth-order valence-corrected chi connectivity index (χ4v) is 3.44. The van der Waals surface area contributed by atoms with E-state index in [1.807, 2.05) is 24.3 Å². The molecule has 0 atom stereocenters. The molecule has 1 aromatic heterocycles. The van der Waals surface area contributed by atoms with Crippen LogP contribution in [0.3, 0.4) is 0 Å². The molecule has 2 aromatic rings. The van der Waals surface area contributed by atoms with E-state index in [4.69, 9.17) is 17.3 Å². The molecule has 0 amide bonds. The largest absolute Gasteiger partial charge is 0.344 e. The van der Waals surface area contributed by atoms with Crippen LogP contribution in [-0.2, 0) is 6.42 Å². The average molecular weight is 338 g/mol. The summed E-state index contributed by atoms with van der Waals surface area (Å²) in [4.78, 5) is 9.39. The highest BCUT2D eigenvalue weighted by Crippen LogP contribution is 2.20. The number of nitrogens with zero attached hydrogens (tertiary/aromatic N) is 4. The smallest absolute Gasteiger partial charge is 0.205 e. The zero-order chi connectivity index (χ0) is 15.4. The number of benzene rings is 1. The minimum Gasteiger partial charge on any atom is -0.344 e. The molecule has 3 rings (SSSR count). The minimum atomic E-state index is 0.726. The van der Waals surface area contributed by atoms with E-state index < -0.39 is 0 Å². The fourth-order valence-electron chi connectivity index (χ4n) is 2.58. The molecule has 1 aliphatic rings. The van der Waals surface area contributed by atoms with Gasteiger partial charge >= 0.3 is 0 Å². The Hall–Kier alpha value is -1.21. The molecule has 1 fully saturated rings. The quantitative estimate of drug-likeness (QED) is 0.902. The van der Waals surface area contributed by atoms with Crippen molar-refractivity contribution in [3.63, 3.8) is 0 Å². The van der Waals surface area contributed by atoms with Crippen LogP contribution in [0.25, 0.3) is 0 Å². The van der Waals surface area contributed by atoms with E-state index in [0.717, 1.165) is 61.7 Å². The van der Waals surface area contributed by atoms with Gasteiger partial charge in [0.2, 0.25) is 5.13 Å². The lowest BCUT2D eigenvalue weighted by atomic mass is 10.1. The summed E-state index contributed by atoms with van der Waals surface area (Å²) in [5, 5.41) is 1.78. The molecule has 0 radical (unpaired) electrons. The second kappa shape index (κ2) is 7.37. The number of hydrogen-bond donors (Lipinski definition) is 1. The molecule has 0 bridgehead atoms. The summed E-state index contributed by atoms with van der Waals surface area (Å²) < 4.78 is 4.49. The number of piperazine rings is 1. The predicted molar refractivity (Wildman–Crippen MR) is 91.9 cm³/mol. The van der Waals surface area contributed by atoms with E-state index in [-0.39, 0.29) is 0 Å². The van der Waals surface area contributed by atoms with Crippen LogP contribution >= 0.6 is 23.1 Å². The monoisotopic (exact) mass is 337 g/mol. The lowest BCUT2D eigenvalue weighted by Gasteiger charge is -2.33. The molecule has 2 N–H and O–H groups in total. The average Bonchev–Trinajstić information content (AvgIpc) is 2.99. The van der Waals surface area contributed by atoms with Gasteiger partial charge in [-0.3, -0.25) is 4.90 Å². The molecule has 0 saturated carbocycles. The van der Waals surface area contributed by atoms with Gasteiger partial charge in [0.25, 0.3) is 0 Å². The standard InChI is InChI=1S/C15H20ClN5S/c16-13-3-1-12(2-4-13)11-14-18-15(22-19-14)21-9-7-20(6-5-17)8-10-21/h1-4H,5-11,17H2. The number of anilines is 1. The van der Waals surface area contributed by atoms with E-state index in [9.17, 15) is 0 Å². The summed E-state index contributed by atoms with van der Waals surface area (Å²) in [7, 11) is 0. The Bertz CT molecular complexity index is 592. The fraction of sp³-hybridized carbons (Fsp3) is 0.467. The highest BCUT2D eigenvalue weighted by Gasteiger charge is 2.19. The van der Waals surface area contributed by atoms with Crippen molar-refractivity contribution in [1.82, 2.24) is 14.3 Å². The topological polar surface area (TPSA) is 58.3 Å². The molecule has 2 heterocycles. The van der Waals surface area contributed by atoms with E-state index in [1.54, 1.807) is 0 Å². The molecule has 0 unspecified atom stereocenters. The molecular weight excluding hydrogens is 318 g/mol. The van der Waals surface area contributed by atoms with Crippen LogP contribution in [0.1, 0.15) is 11.4 Å². The first-order chi connectivity index (χ1) is 10.7. The summed E-state index contributed by atoms with van der Waals surface area (Å²) in [6.07, 6.45) is 0.751. The first kappa shape index (κ1) is 15.7. The highest BCUT2D eigenvalue weighted by atomic mass is 35.5. The van der Waals surface area contributed by atoms with Gasteiger partial charge < -0.3 is 10.6 Å². The van der Waals surface area contributed by atoms with Crippen LogP contribution in [0.15, 0.2) is 24.3 Å². The van der Waals surface area contributed by atoms with E-state index >= 15 is 0 Å². The van der Waals surface area contributed by atoms with Crippen LogP contribution in [0.2, 0.25) is 5.02 Å². The van der Waals surface area contributed by atoms with Crippen molar-refractivity contribution in [2.45, 2.75) is 6.42 Å². The third-order valence-corrected chi connectivity index (χ3v) is 4.89. The Morgan fingerprint density at radius 2 is 1.86 bits per heavy atom. The number of rotatable bonds is 5. The Balaban J connectivity index is 1.58. The van der Waals surface area contributed by atoms with Crippen molar-refractivity contribution in [3.05, 3.63) is 40.7 Å². The predicted octanol–water partition coefficient (Wildman–Crippen LogP) is 1.86.